The largest absolute Gasteiger partial charge is 0.496 e. The van der Waals surface area contributed by atoms with E-state index in [2.05, 4.69) is 4.72 Å². The summed E-state index contributed by atoms with van der Waals surface area (Å²) in [5.41, 5.74) is 0. The number of rotatable bonds is 0. The van der Waals surface area contributed by atoms with Crippen molar-refractivity contribution in [3.8, 4) is 0 Å². The smallest absolute Gasteiger partial charge is 0.121 e. The van der Waals surface area contributed by atoms with E-state index in [1.54, 1.807) is 11.9 Å². The predicted octanol–water partition coefficient (Wildman–Crippen LogP) is 1.26. The topological polar surface area (TPSA) is 21.3 Å². The normalized spacial score (nSPS) is 25.8. The van der Waals surface area contributed by atoms with Gasteiger partial charge in [0.05, 0.1) is 13.2 Å². The third-order valence-electron chi connectivity index (χ3n) is 1.56. The van der Waals surface area contributed by atoms with Gasteiger partial charge in [0.1, 0.15) is 5.76 Å². The van der Waals surface area contributed by atoms with E-state index in [-0.39, 0.29) is 0 Å². The molecule has 0 aromatic heterocycles. The Bertz CT molecular complexity index is 139. The van der Waals surface area contributed by atoms with Crippen molar-refractivity contribution in [3.05, 3.63) is 10.7 Å². The lowest BCUT2D eigenvalue weighted by molar-refractivity contribution is 0.190. The van der Waals surface area contributed by atoms with Gasteiger partial charge in [-0.3, -0.25) is 4.72 Å². The molecule has 0 fully saturated rings. The molecule has 0 unspecified atom stereocenters. The van der Waals surface area contributed by atoms with Gasteiger partial charge in [0.2, 0.25) is 0 Å². The van der Waals surface area contributed by atoms with Crippen molar-refractivity contribution in [2.45, 2.75) is 12.8 Å². The van der Waals surface area contributed by atoms with E-state index in [4.69, 9.17) is 4.74 Å². The van der Waals surface area contributed by atoms with Crippen LogP contribution in [0.1, 0.15) is 12.8 Å². The van der Waals surface area contributed by atoms with Crippen LogP contribution in [0.3, 0.4) is 0 Å². The summed E-state index contributed by atoms with van der Waals surface area (Å²) in [7, 11) is 0. The molecule has 0 amide bonds. The van der Waals surface area contributed by atoms with Crippen molar-refractivity contribution in [2.24, 2.45) is 0 Å². The first kappa shape index (κ1) is 5.62. The molecule has 2 rings (SSSR count). The van der Waals surface area contributed by atoms with E-state index in [0.717, 1.165) is 13.2 Å². The number of allylic oxidation sites excluding steroid dienone is 1. The highest BCUT2D eigenvalue weighted by Gasteiger charge is 2.19. The zero-order valence-electron chi connectivity index (χ0n) is 5.14. The van der Waals surface area contributed by atoms with Crippen LogP contribution in [-0.4, -0.2) is 13.2 Å². The lowest BCUT2D eigenvalue weighted by atomic mass is 10.2. The molecule has 2 heterocycles. The van der Waals surface area contributed by atoms with E-state index in [1.165, 1.54) is 23.5 Å². The van der Waals surface area contributed by atoms with Gasteiger partial charge in [-0.25, -0.2) is 0 Å². The number of ether oxygens (including phenoxy) is 1. The molecule has 1 N–H and O–H groups in total. The standard InChI is InChI=1S/C6H9NOS/c1-2-6-5(8-3-1)4-7-9-6/h7H,1-4H2. The van der Waals surface area contributed by atoms with Gasteiger partial charge >= 0.3 is 0 Å². The van der Waals surface area contributed by atoms with E-state index in [0.29, 0.717) is 0 Å². The van der Waals surface area contributed by atoms with Gasteiger partial charge in [0.15, 0.2) is 0 Å². The third kappa shape index (κ3) is 0.946. The summed E-state index contributed by atoms with van der Waals surface area (Å²) in [6.45, 7) is 1.85. The Labute approximate surface area is 58.8 Å². The van der Waals surface area contributed by atoms with Crippen molar-refractivity contribution in [1.29, 1.82) is 0 Å². The van der Waals surface area contributed by atoms with Gasteiger partial charge in [0.25, 0.3) is 0 Å². The third-order valence-corrected chi connectivity index (χ3v) is 2.53. The second-order valence-corrected chi connectivity index (χ2v) is 3.21. The molecule has 0 saturated carbocycles. The fraction of sp³-hybridized carbons (Fsp3) is 0.667. The molecule has 0 aromatic rings. The average Bonchev–Trinajstić information content (AvgIpc) is 2.33. The van der Waals surface area contributed by atoms with Crippen molar-refractivity contribution < 1.29 is 4.74 Å². The summed E-state index contributed by atoms with van der Waals surface area (Å²) in [5.74, 6) is 1.19. The fourth-order valence-electron chi connectivity index (χ4n) is 1.09. The van der Waals surface area contributed by atoms with Crippen molar-refractivity contribution >= 4 is 11.9 Å². The molecule has 0 aliphatic carbocycles. The lowest BCUT2D eigenvalue weighted by Gasteiger charge is -2.12. The van der Waals surface area contributed by atoms with E-state index >= 15 is 0 Å². The highest BCUT2D eigenvalue weighted by Crippen LogP contribution is 2.31. The van der Waals surface area contributed by atoms with Crippen LogP contribution >= 0.6 is 11.9 Å². The minimum atomic E-state index is 0.918. The maximum absolute atomic E-state index is 5.40. The highest BCUT2D eigenvalue weighted by atomic mass is 32.2. The molecular formula is C6H9NOS. The summed E-state index contributed by atoms with van der Waals surface area (Å²) in [6, 6.07) is 0. The Morgan fingerprint density at radius 1 is 1.56 bits per heavy atom. The average molecular weight is 143 g/mol. The van der Waals surface area contributed by atoms with Gasteiger partial charge < -0.3 is 4.74 Å². The van der Waals surface area contributed by atoms with Gasteiger partial charge in [0, 0.05) is 4.91 Å². The lowest BCUT2D eigenvalue weighted by Crippen LogP contribution is -2.06. The minimum absolute atomic E-state index is 0.918. The number of hydrogen-bond acceptors (Lipinski definition) is 3. The molecular weight excluding hydrogens is 134 g/mol. The molecule has 0 spiro atoms. The molecule has 2 aliphatic rings. The first-order chi connectivity index (χ1) is 4.47. The molecule has 3 heteroatoms. The molecule has 2 aliphatic heterocycles. The second kappa shape index (κ2) is 2.23. The molecule has 0 bridgehead atoms. The Kier molecular flexibility index (Phi) is 1.39. The molecule has 9 heavy (non-hydrogen) atoms. The van der Waals surface area contributed by atoms with E-state index in [9.17, 15) is 0 Å². The fourth-order valence-corrected chi connectivity index (χ4v) is 1.96. The van der Waals surface area contributed by atoms with Crippen LogP contribution in [0.15, 0.2) is 10.7 Å². The maximum Gasteiger partial charge on any atom is 0.121 e. The zero-order valence-corrected chi connectivity index (χ0v) is 5.96. The number of hydrogen-bond donors (Lipinski definition) is 1. The van der Waals surface area contributed by atoms with Crippen LogP contribution in [0.4, 0.5) is 0 Å². The van der Waals surface area contributed by atoms with Crippen molar-refractivity contribution in [2.75, 3.05) is 13.2 Å². The predicted molar refractivity (Wildman–Crippen MR) is 37.8 cm³/mol. The monoisotopic (exact) mass is 143 g/mol. The molecule has 0 saturated heterocycles. The Balaban J connectivity index is 2.17. The number of nitrogens with one attached hydrogen (secondary N) is 1. The molecule has 0 atom stereocenters. The minimum Gasteiger partial charge on any atom is -0.496 e. The van der Waals surface area contributed by atoms with Crippen LogP contribution in [0.5, 0.6) is 0 Å². The van der Waals surface area contributed by atoms with Crippen LogP contribution < -0.4 is 4.72 Å². The Morgan fingerprint density at radius 2 is 2.56 bits per heavy atom. The quantitative estimate of drug-likeness (QED) is 0.516. The van der Waals surface area contributed by atoms with Crippen LogP contribution in [0.2, 0.25) is 0 Å². The van der Waals surface area contributed by atoms with Gasteiger partial charge in [-0.15, -0.1) is 0 Å². The zero-order chi connectivity index (χ0) is 6.10. The Morgan fingerprint density at radius 3 is 3.44 bits per heavy atom. The van der Waals surface area contributed by atoms with Crippen LogP contribution in [0, 0.1) is 0 Å². The first-order valence-electron chi connectivity index (χ1n) is 3.21. The summed E-state index contributed by atoms with van der Waals surface area (Å²) < 4.78 is 8.58. The van der Waals surface area contributed by atoms with E-state index < -0.39 is 0 Å². The SMILES string of the molecule is C1COC2=C(C1)SNC2. The van der Waals surface area contributed by atoms with Crippen molar-refractivity contribution in [1.82, 2.24) is 4.72 Å². The Hall–Kier alpha value is -0.150. The molecule has 2 nitrogen and oxygen atoms in total. The van der Waals surface area contributed by atoms with Crippen molar-refractivity contribution in [3.63, 3.8) is 0 Å². The van der Waals surface area contributed by atoms with Crippen LogP contribution in [-0.2, 0) is 4.74 Å². The van der Waals surface area contributed by atoms with E-state index in [1.807, 2.05) is 0 Å². The summed E-state index contributed by atoms with van der Waals surface area (Å²) >= 11 is 1.73. The van der Waals surface area contributed by atoms with Gasteiger partial charge in [-0.05, 0) is 24.8 Å². The highest BCUT2D eigenvalue weighted by molar-refractivity contribution is 8.01. The second-order valence-electron chi connectivity index (χ2n) is 2.22. The summed E-state index contributed by atoms with van der Waals surface area (Å²) in [5, 5.41) is 0. The maximum atomic E-state index is 5.40. The summed E-state index contributed by atoms with van der Waals surface area (Å²) in [4.78, 5) is 1.42. The summed E-state index contributed by atoms with van der Waals surface area (Å²) in [6.07, 6.45) is 2.40. The van der Waals surface area contributed by atoms with Gasteiger partial charge in [-0.2, -0.15) is 0 Å². The van der Waals surface area contributed by atoms with Crippen LogP contribution in [0.25, 0.3) is 0 Å². The van der Waals surface area contributed by atoms with Gasteiger partial charge in [-0.1, -0.05) is 0 Å². The molecule has 0 radical (unpaired) electrons. The first-order valence-corrected chi connectivity index (χ1v) is 4.03. The molecule has 0 aromatic carbocycles. The molecule has 50 valence electrons.